The summed E-state index contributed by atoms with van der Waals surface area (Å²) in [5.74, 6) is 1.07. The molecule has 7 heteroatoms. The van der Waals surface area contributed by atoms with Gasteiger partial charge in [-0.3, -0.25) is 9.79 Å². The highest BCUT2D eigenvalue weighted by molar-refractivity contribution is 14.0. The summed E-state index contributed by atoms with van der Waals surface area (Å²) in [6.45, 7) is 7.87. The van der Waals surface area contributed by atoms with Crippen LogP contribution in [0, 0.1) is 0 Å². The van der Waals surface area contributed by atoms with Crippen LogP contribution in [0.4, 0.5) is 0 Å². The molecule has 2 N–H and O–H groups in total. The number of benzene rings is 1. The SMILES string of the molecule is CCNC(=NCCCOC1CCCc2ccccc21)NC1CCN(C(=O)CC)C1.I. The number of likely N-dealkylation sites (tertiary alicyclic amines) is 1. The van der Waals surface area contributed by atoms with Crippen molar-refractivity contribution in [2.24, 2.45) is 4.99 Å². The van der Waals surface area contributed by atoms with E-state index in [9.17, 15) is 4.79 Å². The average molecular weight is 528 g/mol. The summed E-state index contributed by atoms with van der Waals surface area (Å²) in [7, 11) is 0. The van der Waals surface area contributed by atoms with Crippen molar-refractivity contribution in [2.75, 3.05) is 32.8 Å². The van der Waals surface area contributed by atoms with Gasteiger partial charge in [-0.15, -0.1) is 24.0 Å². The van der Waals surface area contributed by atoms with E-state index in [0.717, 1.165) is 58.0 Å². The van der Waals surface area contributed by atoms with Crippen LogP contribution < -0.4 is 10.6 Å². The minimum atomic E-state index is 0. The Morgan fingerprint density at radius 2 is 2.10 bits per heavy atom. The second kappa shape index (κ2) is 13.1. The Hall–Kier alpha value is -1.35. The second-order valence-corrected chi connectivity index (χ2v) is 7.89. The number of carbonyl (C=O) groups excluding carboxylic acids is 1. The quantitative estimate of drug-likeness (QED) is 0.234. The van der Waals surface area contributed by atoms with Crippen molar-refractivity contribution in [3.05, 3.63) is 35.4 Å². The molecule has 1 fully saturated rings. The average Bonchev–Trinajstić information content (AvgIpc) is 3.21. The summed E-state index contributed by atoms with van der Waals surface area (Å²) in [5.41, 5.74) is 2.80. The summed E-state index contributed by atoms with van der Waals surface area (Å²) in [4.78, 5) is 18.5. The standard InChI is InChI=1S/C23H36N4O2.HI/c1-3-22(28)27-15-13-19(17-27)26-23(24-4-2)25-14-8-16-29-21-12-7-10-18-9-5-6-11-20(18)21;/h5-6,9,11,19,21H,3-4,7-8,10,12-17H2,1-2H3,(H2,24,25,26);1H. The molecule has 0 saturated carbocycles. The third-order valence-electron chi connectivity index (χ3n) is 5.73. The topological polar surface area (TPSA) is 66.0 Å². The van der Waals surface area contributed by atoms with E-state index in [1.165, 1.54) is 24.0 Å². The molecule has 2 atom stereocenters. The fourth-order valence-electron chi connectivity index (χ4n) is 4.21. The van der Waals surface area contributed by atoms with Crippen LogP contribution in [-0.4, -0.2) is 55.6 Å². The second-order valence-electron chi connectivity index (χ2n) is 7.89. The fraction of sp³-hybridized carbons (Fsp3) is 0.652. The molecule has 0 aromatic heterocycles. The van der Waals surface area contributed by atoms with Crippen LogP contribution in [0.15, 0.2) is 29.3 Å². The van der Waals surface area contributed by atoms with Gasteiger partial charge in [0, 0.05) is 45.2 Å². The van der Waals surface area contributed by atoms with Gasteiger partial charge in [-0.25, -0.2) is 0 Å². The van der Waals surface area contributed by atoms with Crippen molar-refractivity contribution < 1.29 is 9.53 Å². The molecule has 1 saturated heterocycles. The number of nitrogens with zero attached hydrogens (tertiary/aromatic N) is 2. The maximum atomic E-state index is 11.9. The number of guanidine groups is 1. The Morgan fingerprint density at radius 3 is 2.90 bits per heavy atom. The number of rotatable bonds is 8. The zero-order valence-corrected chi connectivity index (χ0v) is 20.7. The Morgan fingerprint density at radius 1 is 1.27 bits per heavy atom. The van der Waals surface area contributed by atoms with Crippen molar-refractivity contribution in [3.8, 4) is 0 Å². The van der Waals surface area contributed by atoms with E-state index in [1.54, 1.807) is 0 Å². The van der Waals surface area contributed by atoms with Crippen LogP contribution in [-0.2, 0) is 16.0 Å². The van der Waals surface area contributed by atoms with Gasteiger partial charge in [0.1, 0.15) is 0 Å². The molecular formula is C23H37IN4O2. The third-order valence-corrected chi connectivity index (χ3v) is 5.73. The van der Waals surface area contributed by atoms with E-state index in [-0.39, 0.29) is 42.0 Å². The van der Waals surface area contributed by atoms with Gasteiger partial charge in [-0.1, -0.05) is 31.2 Å². The lowest BCUT2D eigenvalue weighted by molar-refractivity contribution is -0.129. The number of fused-ring (bicyclic) bond motifs is 1. The number of aryl methyl sites for hydroxylation is 1. The molecule has 3 rings (SSSR count). The minimum absolute atomic E-state index is 0. The van der Waals surface area contributed by atoms with Crippen molar-refractivity contribution in [1.29, 1.82) is 0 Å². The van der Waals surface area contributed by atoms with Gasteiger partial charge in [0.25, 0.3) is 0 Å². The predicted molar refractivity (Wildman–Crippen MR) is 132 cm³/mol. The summed E-state index contributed by atoms with van der Waals surface area (Å²) in [6, 6.07) is 8.93. The molecule has 1 aromatic carbocycles. The summed E-state index contributed by atoms with van der Waals surface area (Å²) in [6.07, 6.45) is 6.16. The van der Waals surface area contributed by atoms with E-state index in [1.807, 2.05) is 11.8 Å². The van der Waals surface area contributed by atoms with Crippen LogP contribution in [0.2, 0.25) is 0 Å². The Bertz CT molecular complexity index is 698. The highest BCUT2D eigenvalue weighted by Crippen LogP contribution is 2.32. The van der Waals surface area contributed by atoms with Gasteiger partial charge < -0.3 is 20.3 Å². The van der Waals surface area contributed by atoms with E-state index >= 15 is 0 Å². The Kier molecular flexibility index (Phi) is 10.9. The number of carbonyl (C=O) groups is 1. The molecule has 1 heterocycles. The largest absolute Gasteiger partial charge is 0.373 e. The first kappa shape index (κ1) is 24.9. The zero-order chi connectivity index (χ0) is 20.5. The molecule has 1 aromatic rings. The van der Waals surface area contributed by atoms with Crippen molar-refractivity contribution >= 4 is 35.8 Å². The van der Waals surface area contributed by atoms with E-state index in [4.69, 9.17) is 9.73 Å². The minimum Gasteiger partial charge on any atom is -0.373 e. The molecule has 30 heavy (non-hydrogen) atoms. The lowest BCUT2D eigenvalue weighted by Gasteiger charge is -2.25. The smallest absolute Gasteiger partial charge is 0.222 e. The molecule has 0 spiro atoms. The first-order valence-corrected chi connectivity index (χ1v) is 11.2. The number of ether oxygens (including phenoxy) is 1. The monoisotopic (exact) mass is 528 g/mol. The van der Waals surface area contributed by atoms with Crippen LogP contribution >= 0.6 is 24.0 Å². The third kappa shape index (κ3) is 7.11. The highest BCUT2D eigenvalue weighted by atomic mass is 127. The molecule has 6 nitrogen and oxygen atoms in total. The molecular weight excluding hydrogens is 491 g/mol. The van der Waals surface area contributed by atoms with Crippen molar-refractivity contribution in [2.45, 2.75) is 64.5 Å². The van der Waals surface area contributed by atoms with Crippen LogP contribution in [0.3, 0.4) is 0 Å². The van der Waals surface area contributed by atoms with E-state index < -0.39 is 0 Å². The van der Waals surface area contributed by atoms with Crippen molar-refractivity contribution in [3.63, 3.8) is 0 Å². The normalized spacial score (nSPS) is 21.0. The maximum Gasteiger partial charge on any atom is 0.222 e. The molecule has 1 amide bonds. The molecule has 168 valence electrons. The zero-order valence-electron chi connectivity index (χ0n) is 18.4. The lowest BCUT2D eigenvalue weighted by Crippen LogP contribution is -2.45. The molecule has 0 bridgehead atoms. The van der Waals surface area contributed by atoms with Crippen LogP contribution in [0.5, 0.6) is 0 Å². The fourth-order valence-corrected chi connectivity index (χ4v) is 4.21. The number of hydrogen-bond donors (Lipinski definition) is 2. The van der Waals surface area contributed by atoms with Gasteiger partial charge in [-0.2, -0.15) is 0 Å². The Balaban J connectivity index is 0.00000320. The van der Waals surface area contributed by atoms with Gasteiger partial charge in [0.05, 0.1) is 6.10 Å². The van der Waals surface area contributed by atoms with Gasteiger partial charge in [0.15, 0.2) is 5.96 Å². The molecule has 0 radical (unpaired) electrons. The van der Waals surface area contributed by atoms with Gasteiger partial charge in [-0.05, 0) is 50.2 Å². The number of nitrogens with one attached hydrogen (secondary N) is 2. The lowest BCUT2D eigenvalue weighted by atomic mass is 9.89. The molecule has 2 aliphatic rings. The first-order chi connectivity index (χ1) is 14.2. The predicted octanol–water partition coefficient (Wildman–Crippen LogP) is 3.65. The van der Waals surface area contributed by atoms with E-state index in [2.05, 4.69) is 41.8 Å². The first-order valence-electron chi connectivity index (χ1n) is 11.2. The van der Waals surface area contributed by atoms with Gasteiger partial charge in [0.2, 0.25) is 5.91 Å². The number of aliphatic imine (C=N–C) groups is 1. The summed E-state index contributed by atoms with van der Waals surface area (Å²) in [5, 5.41) is 6.80. The summed E-state index contributed by atoms with van der Waals surface area (Å²) >= 11 is 0. The highest BCUT2D eigenvalue weighted by Gasteiger charge is 2.25. The summed E-state index contributed by atoms with van der Waals surface area (Å²) < 4.78 is 6.18. The van der Waals surface area contributed by atoms with E-state index in [0.29, 0.717) is 6.42 Å². The molecule has 2 unspecified atom stereocenters. The van der Waals surface area contributed by atoms with Crippen LogP contribution in [0.1, 0.15) is 63.2 Å². The number of hydrogen-bond acceptors (Lipinski definition) is 3. The number of amides is 1. The molecule has 1 aliphatic heterocycles. The van der Waals surface area contributed by atoms with Gasteiger partial charge >= 0.3 is 0 Å². The number of halogens is 1. The van der Waals surface area contributed by atoms with Crippen LogP contribution in [0.25, 0.3) is 0 Å². The Labute approximate surface area is 198 Å². The van der Waals surface area contributed by atoms with Crippen molar-refractivity contribution in [1.82, 2.24) is 15.5 Å². The maximum absolute atomic E-state index is 11.9. The molecule has 1 aliphatic carbocycles.